The van der Waals surface area contributed by atoms with Crippen molar-refractivity contribution in [2.75, 3.05) is 18.0 Å². The monoisotopic (exact) mass is 364 g/mol. The summed E-state index contributed by atoms with van der Waals surface area (Å²) in [4.78, 5) is 31.3. The van der Waals surface area contributed by atoms with Gasteiger partial charge in [0.05, 0.1) is 17.4 Å². The lowest BCUT2D eigenvalue weighted by atomic mass is 10.2. The summed E-state index contributed by atoms with van der Waals surface area (Å²) in [6, 6.07) is 8.80. The first-order valence-electron chi connectivity index (χ1n) is 8.79. The maximum Gasteiger partial charge on any atom is 0.255 e. The minimum atomic E-state index is -0.207. The van der Waals surface area contributed by atoms with Gasteiger partial charge in [0.15, 0.2) is 0 Å². The molecule has 3 aromatic heterocycles. The molecule has 1 amide bonds. The fourth-order valence-corrected chi connectivity index (χ4v) is 3.25. The van der Waals surface area contributed by atoms with Crippen molar-refractivity contribution in [2.24, 2.45) is 7.05 Å². The Morgan fingerprint density at radius 3 is 2.85 bits per heavy atom. The van der Waals surface area contributed by atoms with Gasteiger partial charge in [-0.1, -0.05) is 6.07 Å². The Labute approximate surface area is 156 Å². The van der Waals surface area contributed by atoms with E-state index in [9.17, 15) is 9.59 Å². The van der Waals surface area contributed by atoms with Crippen LogP contribution in [0.2, 0.25) is 0 Å². The number of aromatic nitrogens is 4. The highest BCUT2D eigenvalue weighted by Gasteiger charge is 2.25. The Hall–Kier alpha value is -3.42. The molecule has 27 heavy (non-hydrogen) atoms. The van der Waals surface area contributed by atoms with Gasteiger partial charge in [-0.25, -0.2) is 4.98 Å². The van der Waals surface area contributed by atoms with Gasteiger partial charge in [-0.15, -0.1) is 0 Å². The standard InChI is InChI=1S/C19H20N6O2/c1-23-13-16(10-21-23)25-11-14(5-6-18(25)26)19(27)22-15-7-9-24(12-15)17-4-2-3-8-20-17/h2-6,8,10-11,13,15H,7,9,12H2,1H3,(H,22,27). The molecule has 1 N–H and O–H groups in total. The fraction of sp³-hybridized carbons (Fsp3) is 0.263. The number of pyridine rings is 2. The molecule has 8 nitrogen and oxygen atoms in total. The lowest BCUT2D eigenvalue weighted by Gasteiger charge is -2.17. The average molecular weight is 364 g/mol. The van der Waals surface area contributed by atoms with Crippen molar-refractivity contribution < 1.29 is 4.79 Å². The predicted molar refractivity (Wildman–Crippen MR) is 101 cm³/mol. The summed E-state index contributed by atoms with van der Waals surface area (Å²) in [5.41, 5.74) is 0.857. The van der Waals surface area contributed by atoms with E-state index in [1.54, 1.807) is 42.6 Å². The lowest BCUT2D eigenvalue weighted by Crippen LogP contribution is -2.37. The van der Waals surface area contributed by atoms with E-state index in [0.29, 0.717) is 17.8 Å². The zero-order valence-electron chi connectivity index (χ0n) is 14.9. The molecular formula is C19H20N6O2. The fourth-order valence-electron chi connectivity index (χ4n) is 3.25. The van der Waals surface area contributed by atoms with E-state index in [1.807, 2.05) is 18.2 Å². The summed E-state index contributed by atoms with van der Waals surface area (Å²) < 4.78 is 3.04. The van der Waals surface area contributed by atoms with Crippen molar-refractivity contribution >= 4 is 11.7 Å². The van der Waals surface area contributed by atoms with Crippen molar-refractivity contribution in [3.8, 4) is 5.69 Å². The normalized spacial score (nSPS) is 16.5. The number of aryl methyl sites for hydroxylation is 1. The van der Waals surface area contributed by atoms with E-state index in [-0.39, 0.29) is 17.5 Å². The van der Waals surface area contributed by atoms with Crippen LogP contribution in [0.15, 0.2) is 59.9 Å². The summed E-state index contributed by atoms with van der Waals surface area (Å²) in [6.45, 7) is 1.56. The maximum atomic E-state index is 12.7. The Morgan fingerprint density at radius 1 is 1.22 bits per heavy atom. The number of nitrogens with zero attached hydrogens (tertiary/aromatic N) is 5. The smallest absolute Gasteiger partial charge is 0.255 e. The second-order valence-electron chi connectivity index (χ2n) is 6.59. The molecule has 3 aromatic rings. The Morgan fingerprint density at radius 2 is 2.11 bits per heavy atom. The number of carbonyl (C=O) groups is 1. The minimum Gasteiger partial charge on any atom is -0.354 e. The highest BCUT2D eigenvalue weighted by atomic mass is 16.2. The number of hydrogen-bond acceptors (Lipinski definition) is 5. The van der Waals surface area contributed by atoms with Gasteiger partial charge in [0.25, 0.3) is 11.5 Å². The van der Waals surface area contributed by atoms with Crippen LogP contribution in [0.5, 0.6) is 0 Å². The zero-order valence-corrected chi connectivity index (χ0v) is 14.9. The third-order valence-corrected chi connectivity index (χ3v) is 4.64. The third kappa shape index (κ3) is 3.59. The SMILES string of the molecule is Cn1cc(-n2cc(C(=O)NC3CCN(c4ccccn4)C3)ccc2=O)cn1. The molecular weight excluding hydrogens is 344 g/mol. The number of nitrogens with one attached hydrogen (secondary N) is 1. The van der Waals surface area contributed by atoms with Crippen molar-refractivity contribution in [3.05, 3.63) is 71.0 Å². The molecule has 0 saturated carbocycles. The van der Waals surface area contributed by atoms with Gasteiger partial charge in [-0.2, -0.15) is 5.10 Å². The van der Waals surface area contributed by atoms with Crippen LogP contribution in [0.25, 0.3) is 5.69 Å². The number of amides is 1. The van der Waals surface area contributed by atoms with Crippen LogP contribution in [0.3, 0.4) is 0 Å². The van der Waals surface area contributed by atoms with E-state index in [1.165, 1.54) is 10.6 Å². The molecule has 1 saturated heterocycles. The van der Waals surface area contributed by atoms with Gasteiger partial charge < -0.3 is 10.2 Å². The molecule has 4 heterocycles. The van der Waals surface area contributed by atoms with Crippen molar-refractivity contribution in [1.82, 2.24) is 24.6 Å². The second kappa shape index (κ2) is 7.06. The molecule has 1 aliphatic rings. The van der Waals surface area contributed by atoms with E-state index in [4.69, 9.17) is 0 Å². The van der Waals surface area contributed by atoms with Gasteiger partial charge >= 0.3 is 0 Å². The molecule has 0 aromatic carbocycles. The first-order chi connectivity index (χ1) is 13.1. The molecule has 1 aliphatic heterocycles. The molecule has 1 fully saturated rings. The largest absolute Gasteiger partial charge is 0.354 e. The molecule has 0 aliphatic carbocycles. The predicted octanol–water partition coefficient (Wildman–Crippen LogP) is 0.975. The minimum absolute atomic E-state index is 0.0401. The quantitative estimate of drug-likeness (QED) is 0.746. The summed E-state index contributed by atoms with van der Waals surface area (Å²) in [6.07, 6.45) is 7.49. The summed E-state index contributed by atoms with van der Waals surface area (Å²) >= 11 is 0. The van der Waals surface area contributed by atoms with Gasteiger partial charge in [0, 0.05) is 50.8 Å². The van der Waals surface area contributed by atoms with Crippen LogP contribution in [-0.2, 0) is 7.05 Å². The second-order valence-corrected chi connectivity index (χ2v) is 6.59. The molecule has 0 spiro atoms. The van der Waals surface area contributed by atoms with Gasteiger partial charge in [-0.05, 0) is 24.6 Å². The molecule has 0 radical (unpaired) electrons. The number of rotatable bonds is 4. The van der Waals surface area contributed by atoms with Crippen LogP contribution in [0, 0.1) is 0 Å². The number of hydrogen-bond donors (Lipinski definition) is 1. The van der Waals surface area contributed by atoms with Gasteiger partial charge in [-0.3, -0.25) is 18.8 Å². The van der Waals surface area contributed by atoms with Crippen molar-refractivity contribution in [2.45, 2.75) is 12.5 Å². The van der Waals surface area contributed by atoms with Crippen LogP contribution in [-0.4, -0.2) is 44.4 Å². The van der Waals surface area contributed by atoms with E-state index in [2.05, 4.69) is 20.3 Å². The zero-order chi connectivity index (χ0) is 18.8. The Bertz CT molecular complexity index is 1010. The van der Waals surface area contributed by atoms with Crippen LogP contribution >= 0.6 is 0 Å². The van der Waals surface area contributed by atoms with E-state index < -0.39 is 0 Å². The first kappa shape index (κ1) is 17.0. The molecule has 138 valence electrons. The summed E-state index contributed by atoms with van der Waals surface area (Å²) in [5, 5.41) is 7.13. The number of carbonyl (C=O) groups excluding carboxylic acids is 1. The van der Waals surface area contributed by atoms with E-state index in [0.717, 1.165) is 18.8 Å². The van der Waals surface area contributed by atoms with Crippen LogP contribution in [0.4, 0.5) is 5.82 Å². The average Bonchev–Trinajstić information content (AvgIpc) is 3.32. The first-order valence-corrected chi connectivity index (χ1v) is 8.79. The summed E-state index contributed by atoms with van der Waals surface area (Å²) in [5.74, 6) is 0.722. The highest BCUT2D eigenvalue weighted by molar-refractivity contribution is 5.94. The Kier molecular flexibility index (Phi) is 4.45. The van der Waals surface area contributed by atoms with Gasteiger partial charge in [0.1, 0.15) is 5.82 Å². The lowest BCUT2D eigenvalue weighted by molar-refractivity contribution is 0.0939. The molecule has 4 rings (SSSR count). The topological polar surface area (TPSA) is 85.0 Å². The van der Waals surface area contributed by atoms with Gasteiger partial charge in [0.2, 0.25) is 0 Å². The number of anilines is 1. The van der Waals surface area contributed by atoms with Crippen LogP contribution < -0.4 is 15.8 Å². The van der Waals surface area contributed by atoms with Crippen LogP contribution in [0.1, 0.15) is 16.8 Å². The van der Waals surface area contributed by atoms with Crippen molar-refractivity contribution in [1.29, 1.82) is 0 Å². The van der Waals surface area contributed by atoms with E-state index >= 15 is 0 Å². The van der Waals surface area contributed by atoms with Crippen molar-refractivity contribution in [3.63, 3.8) is 0 Å². The highest BCUT2D eigenvalue weighted by Crippen LogP contribution is 2.17. The molecule has 1 unspecified atom stereocenters. The molecule has 8 heteroatoms. The maximum absolute atomic E-state index is 12.7. The Balaban J connectivity index is 1.47. The third-order valence-electron chi connectivity index (χ3n) is 4.64. The summed E-state index contributed by atoms with van der Waals surface area (Å²) in [7, 11) is 1.78. The molecule has 1 atom stereocenters. The molecule has 0 bridgehead atoms.